The van der Waals surface area contributed by atoms with E-state index in [1.165, 1.54) is 69.3 Å². The van der Waals surface area contributed by atoms with Gasteiger partial charge < -0.3 is 10.2 Å². The molecule has 1 saturated carbocycles. The van der Waals surface area contributed by atoms with Crippen molar-refractivity contribution in [3.8, 4) is 0 Å². The SMILES string of the molecule is CNCc1cc(Cl)ccc1N1CCC2(CCCCC2)CC1. The van der Waals surface area contributed by atoms with E-state index in [0.717, 1.165) is 11.6 Å². The number of nitrogens with one attached hydrogen (secondary N) is 1. The van der Waals surface area contributed by atoms with Gasteiger partial charge in [0.25, 0.3) is 0 Å². The lowest BCUT2D eigenvalue weighted by molar-refractivity contribution is 0.144. The average molecular weight is 307 g/mol. The van der Waals surface area contributed by atoms with Crippen molar-refractivity contribution < 1.29 is 0 Å². The van der Waals surface area contributed by atoms with Crippen LogP contribution in [0.2, 0.25) is 5.02 Å². The number of rotatable bonds is 3. The largest absolute Gasteiger partial charge is 0.371 e. The van der Waals surface area contributed by atoms with Gasteiger partial charge in [0.15, 0.2) is 0 Å². The van der Waals surface area contributed by atoms with E-state index in [1.807, 2.05) is 13.1 Å². The third-order valence-corrected chi connectivity index (χ3v) is 5.72. The quantitative estimate of drug-likeness (QED) is 0.877. The number of piperidine rings is 1. The van der Waals surface area contributed by atoms with E-state index >= 15 is 0 Å². The molecule has 0 amide bonds. The summed E-state index contributed by atoms with van der Waals surface area (Å²) < 4.78 is 0. The molecule has 1 aromatic rings. The molecule has 1 aromatic carbocycles. The fraction of sp³-hybridized carbons (Fsp3) is 0.667. The molecule has 1 N–H and O–H groups in total. The zero-order valence-corrected chi connectivity index (χ0v) is 13.9. The molecule has 1 aliphatic heterocycles. The normalized spacial score (nSPS) is 21.7. The van der Waals surface area contributed by atoms with Crippen LogP contribution in [0.15, 0.2) is 18.2 Å². The molecule has 0 unspecified atom stereocenters. The molecule has 1 heterocycles. The maximum absolute atomic E-state index is 6.16. The highest BCUT2D eigenvalue weighted by Crippen LogP contribution is 2.45. The van der Waals surface area contributed by atoms with Crippen LogP contribution in [0, 0.1) is 5.41 Å². The van der Waals surface area contributed by atoms with Crippen LogP contribution in [-0.2, 0) is 6.54 Å². The van der Waals surface area contributed by atoms with E-state index in [1.54, 1.807) is 0 Å². The van der Waals surface area contributed by atoms with Gasteiger partial charge in [-0.1, -0.05) is 30.9 Å². The number of anilines is 1. The van der Waals surface area contributed by atoms with Crippen LogP contribution in [0.5, 0.6) is 0 Å². The summed E-state index contributed by atoms with van der Waals surface area (Å²) in [6, 6.07) is 6.34. The van der Waals surface area contributed by atoms with Crippen molar-refractivity contribution in [1.29, 1.82) is 0 Å². The summed E-state index contributed by atoms with van der Waals surface area (Å²) in [4.78, 5) is 2.57. The molecule has 1 spiro atoms. The summed E-state index contributed by atoms with van der Waals surface area (Å²) in [6.07, 6.45) is 10.0. The minimum atomic E-state index is 0.671. The van der Waals surface area contributed by atoms with Gasteiger partial charge in [-0.25, -0.2) is 0 Å². The van der Waals surface area contributed by atoms with Gasteiger partial charge >= 0.3 is 0 Å². The second kappa shape index (κ2) is 6.58. The minimum absolute atomic E-state index is 0.671. The molecule has 2 fully saturated rings. The lowest BCUT2D eigenvalue weighted by Crippen LogP contribution is -2.41. The summed E-state index contributed by atoms with van der Waals surface area (Å²) in [5.41, 5.74) is 3.37. The van der Waals surface area contributed by atoms with Crippen molar-refractivity contribution in [3.05, 3.63) is 28.8 Å². The lowest BCUT2D eigenvalue weighted by Gasteiger charge is -2.45. The first-order valence-corrected chi connectivity index (χ1v) is 8.78. The van der Waals surface area contributed by atoms with Gasteiger partial charge in [-0.3, -0.25) is 0 Å². The molecule has 2 nitrogen and oxygen atoms in total. The van der Waals surface area contributed by atoms with Gasteiger partial charge in [-0.05, 0) is 61.9 Å². The van der Waals surface area contributed by atoms with Crippen LogP contribution in [-0.4, -0.2) is 20.1 Å². The first kappa shape index (κ1) is 15.2. The van der Waals surface area contributed by atoms with Crippen LogP contribution < -0.4 is 10.2 Å². The zero-order valence-electron chi connectivity index (χ0n) is 13.1. The average Bonchev–Trinajstić information content (AvgIpc) is 2.50. The van der Waals surface area contributed by atoms with Crippen LogP contribution >= 0.6 is 11.6 Å². The van der Waals surface area contributed by atoms with E-state index in [9.17, 15) is 0 Å². The fourth-order valence-electron chi connectivity index (χ4n) is 4.22. The summed E-state index contributed by atoms with van der Waals surface area (Å²) in [5, 5.41) is 4.10. The molecule has 1 aliphatic carbocycles. The standard InChI is InChI=1S/C18H27ClN2/c1-20-14-15-13-16(19)5-6-17(15)21-11-9-18(10-12-21)7-3-2-4-8-18/h5-6,13,20H,2-4,7-12,14H2,1H3. The molecule has 3 heteroatoms. The second-order valence-electron chi connectivity index (χ2n) is 6.85. The monoisotopic (exact) mass is 306 g/mol. The fourth-order valence-corrected chi connectivity index (χ4v) is 4.41. The first-order chi connectivity index (χ1) is 10.2. The molecule has 0 atom stereocenters. The van der Waals surface area contributed by atoms with E-state index in [4.69, 9.17) is 11.6 Å². The van der Waals surface area contributed by atoms with Gasteiger partial charge in [0.05, 0.1) is 0 Å². The second-order valence-corrected chi connectivity index (χ2v) is 7.29. The number of benzene rings is 1. The minimum Gasteiger partial charge on any atom is -0.371 e. The van der Waals surface area contributed by atoms with Crippen molar-refractivity contribution in [2.45, 2.75) is 51.5 Å². The van der Waals surface area contributed by atoms with Crippen LogP contribution in [0.1, 0.15) is 50.5 Å². The molecule has 3 rings (SSSR count). The Morgan fingerprint density at radius 3 is 2.48 bits per heavy atom. The lowest BCUT2D eigenvalue weighted by atomic mass is 9.68. The Balaban J connectivity index is 1.71. The molecule has 0 radical (unpaired) electrons. The Morgan fingerprint density at radius 2 is 1.81 bits per heavy atom. The van der Waals surface area contributed by atoms with Crippen LogP contribution in [0.4, 0.5) is 5.69 Å². The Bertz CT molecular complexity index is 470. The van der Waals surface area contributed by atoms with Gasteiger partial charge in [0.2, 0.25) is 0 Å². The number of hydrogen-bond acceptors (Lipinski definition) is 2. The van der Waals surface area contributed by atoms with Crippen molar-refractivity contribution in [2.75, 3.05) is 25.0 Å². The molecule has 1 saturated heterocycles. The molecule has 116 valence electrons. The summed E-state index contributed by atoms with van der Waals surface area (Å²) in [5.74, 6) is 0. The molecule has 0 aromatic heterocycles. The van der Waals surface area contributed by atoms with Gasteiger partial charge in [-0.2, -0.15) is 0 Å². The van der Waals surface area contributed by atoms with Crippen molar-refractivity contribution in [2.24, 2.45) is 5.41 Å². The van der Waals surface area contributed by atoms with E-state index < -0.39 is 0 Å². The van der Waals surface area contributed by atoms with Crippen molar-refractivity contribution >= 4 is 17.3 Å². The summed E-state index contributed by atoms with van der Waals surface area (Å²) in [7, 11) is 2.00. The van der Waals surface area contributed by atoms with Crippen LogP contribution in [0.25, 0.3) is 0 Å². The Morgan fingerprint density at radius 1 is 1.10 bits per heavy atom. The van der Waals surface area contributed by atoms with E-state index in [2.05, 4.69) is 22.3 Å². The maximum Gasteiger partial charge on any atom is 0.0412 e. The van der Waals surface area contributed by atoms with Crippen molar-refractivity contribution in [1.82, 2.24) is 5.32 Å². The van der Waals surface area contributed by atoms with Gasteiger partial charge in [0.1, 0.15) is 0 Å². The van der Waals surface area contributed by atoms with Crippen LogP contribution in [0.3, 0.4) is 0 Å². The number of halogens is 1. The Kier molecular flexibility index (Phi) is 4.75. The third-order valence-electron chi connectivity index (χ3n) is 5.49. The summed E-state index contributed by atoms with van der Waals surface area (Å²) in [6.45, 7) is 3.30. The molecular weight excluding hydrogens is 280 g/mol. The Labute approximate surface area is 133 Å². The summed E-state index contributed by atoms with van der Waals surface area (Å²) >= 11 is 6.16. The predicted octanol–water partition coefficient (Wildman–Crippen LogP) is 4.61. The number of nitrogens with zero attached hydrogens (tertiary/aromatic N) is 1. The van der Waals surface area contributed by atoms with E-state index in [0.29, 0.717) is 5.41 Å². The highest BCUT2D eigenvalue weighted by Gasteiger charge is 2.35. The Hall–Kier alpha value is -0.730. The highest BCUT2D eigenvalue weighted by molar-refractivity contribution is 6.30. The number of hydrogen-bond donors (Lipinski definition) is 1. The van der Waals surface area contributed by atoms with Gasteiger partial charge in [-0.15, -0.1) is 0 Å². The highest BCUT2D eigenvalue weighted by atomic mass is 35.5. The van der Waals surface area contributed by atoms with Gasteiger partial charge in [0, 0.05) is 30.3 Å². The maximum atomic E-state index is 6.16. The van der Waals surface area contributed by atoms with Crippen molar-refractivity contribution in [3.63, 3.8) is 0 Å². The molecule has 21 heavy (non-hydrogen) atoms. The molecule has 0 bridgehead atoms. The van der Waals surface area contributed by atoms with E-state index in [-0.39, 0.29) is 0 Å². The first-order valence-electron chi connectivity index (χ1n) is 8.40. The smallest absolute Gasteiger partial charge is 0.0412 e. The zero-order chi connectivity index (χ0) is 14.7. The predicted molar refractivity (Wildman–Crippen MR) is 91.2 cm³/mol. The third kappa shape index (κ3) is 3.37. The topological polar surface area (TPSA) is 15.3 Å². The molecular formula is C18H27ClN2. The molecule has 2 aliphatic rings.